The van der Waals surface area contributed by atoms with Gasteiger partial charge in [0.1, 0.15) is 5.82 Å². The SMILES string of the molecule is CO[C@@H]1C[C@@H](c2nc(C3CC3)n[nH]2)N(Cc2ccc(Cl)cc2C#N)C1. The van der Waals surface area contributed by atoms with Crippen LogP contribution in [0.2, 0.25) is 5.02 Å². The molecule has 0 amide bonds. The summed E-state index contributed by atoms with van der Waals surface area (Å²) >= 11 is 6.01. The van der Waals surface area contributed by atoms with Crippen molar-refractivity contribution in [3.05, 3.63) is 46.0 Å². The van der Waals surface area contributed by atoms with Crippen molar-refractivity contribution in [1.29, 1.82) is 5.26 Å². The van der Waals surface area contributed by atoms with Gasteiger partial charge >= 0.3 is 0 Å². The molecule has 2 atom stereocenters. The van der Waals surface area contributed by atoms with E-state index in [1.165, 1.54) is 12.8 Å². The number of hydrogen-bond donors (Lipinski definition) is 1. The van der Waals surface area contributed by atoms with Crippen LogP contribution in [0.3, 0.4) is 0 Å². The number of aromatic nitrogens is 3. The van der Waals surface area contributed by atoms with Crippen molar-refractivity contribution in [2.45, 2.75) is 43.9 Å². The number of aromatic amines is 1. The number of methoxy groups -OCH3 is 1. The summed E-state index contributed by atoms with van der Waals surface area (Å²) in [6.45, 7) is 1.46. The zero-order valence-corrected chi connectivity index (χ0v) is 14.8. The predicted octanol–water partition coefficient (Wildman–Crippen LogP) is 3.17. The van der Waals surface area contributed by atoms with Crippen LogP contribution in [-0.4, -0.2) is 39.8 Å². The lowest BCUT2D eigenvalue weighted by Gasteiger charge is -2.22. The summed E-state index contributed by atoms with van der Waals surface area (Å²) in [6, 6.07) is 7.83. The van der Waals surface area contributed by atoms with Gasteiger partial charge in [0.25, 0.3) is 0 Å². The van der Waals surface area contributed by atoms with Gasteiger partial charge in [-0.05, 0) is 37.0 Å². The van der Waals surface area contributed by atoms with Gasteiger partial charge in [-0.1, -0.05) is 17.7 Å². The molecule has 1 N–H and O–H groups in total. The number of halogens is 1. The Morgan fingerprint density at radius 2 is 2.28 bits per heavy atom. The Labute approximate surface area is 151 Å². The third kappa shape index (κ3) is 3.40. The molecule has 0 radical (unpaired) electrons. The lowest BCUT2D eigenvalue weighted by molar-refractivity contribution is 0.107. The van der Waals surface area contributed by atoms with E-state index in [1.807, 2.05) is 12.1 Å². The van der Waals surface area contributed by atoms with E-state index in [2.05, 4.69) is 21.2 Å². The predicted molar refractivity (Wildman–Crippen MR) is 93.1 cm³/mol. The third-order valence-electron chi connectivity index (χ3n) is 5.04. The summed E-state index contributed by atoms with van der Waals surface area (Å²) in [7, 11) is 1.74. The molecular weight excluding hydrogens is 338 g/mol. The fraction of sp³-hybridized carbons (Fsp3) is 0.500. The minimum absolute atomic E-state index is 0.118. The fourth-order valence-corrected chi connectivity index (χ4v) is 3.63. The number of H-pyrrole nitrogens is 1. The average Bonchev–Trinajstić information content (AvgIpc) is 3.21. The molecule has 0 bridgehead atoms. The zero-order chi connectivity index (χ0) is 17.4. The molecule has 4 rings (SSSR count). The molecule has 2 fully saturated rings. The topological polar surface area (TPSA) is 77.8 Å². The monoisotopic (exact) mass is 357 g/mol. The maximum atomic E-state index is 9.39. The minimum Gasteiger partial charge on any atom is -0.380 e. The molecule has 0 spiro atoms. The van der Waals surface area contributed by atoms with Gasteiger partial charge in [-0.25, -0.2) is 4.98 Å². The highest BCUT2D eigenvalue weighted by atomic mass is 35.5. The molecule has 6 nitrogen and oxygen atoms in total. The van der Waals surface area contributed by atoms with Crippen molar-refractivity contribution in [2.24, 2.45) is 0 Å². The van der Waals surface area contributed by atoms with E-state index in [1.54, 1.807) is 13.2 Å². The quantitative estimate of drug-likeness (QED) is 0.889. The first-order valence-corrected chi connectivity index (χ1v) is 8.93. The van der Waals surface area contributed by atoms with Crippen molar-refractivity contribution in [3.63, 3.8) is 0 Å². The van der Waals surface area contributed by atoms with E-state index in [9.17, 15) is 5.26 Å². The summed E-state index contributed by atoms with van der Waals surface area (Å²) < 4.78 is 5.58. The molecule has 1 aliphatic heterocycles. The van der Waals surface area contributed by atoms with Gasteiger partial charge in [0.15, 0.2) is 5.82 Å². The van der Waals surface area contributed by atoms with Crippen molar-refractivity contribution < 1.29 is 4.74 Å². The van der Waals surface area contributed by atoms with E-state index in [4.69, 9.17) is 21.3 Å². The number of hydrogen-bond acceptors (Lipinski definition) is 5. The largest absolute Gasteiger partial charge is 0.380 e. The second kappa shape index (κ2) is 6.75. The summed E-state index contributed by atoms with van der Waals surface area (Å²) in [4.78, 5) is 7.02. The Morgan fingerprint density at radius 3 is 3.00 bits per heavy atom. The molecule has 1 aromatic heterocycles. The first-order chi connectivity index (χ1) is 12.2. The van der Waals surface area contributed by atoms with Gasteiger partial charge in [-0.3, -0.25) is 10.00 Å². The molecule has 2 aromatic rings. The van der Waals surface area contributed by atoms with Crippen LogP contribution in [0.1, 0.15) is 54.0 Å². The van der Waals surface area contributed by atoms with Gasteiger partial charge in [0.2, 0.25) is 0 Å². The molecule has 130 valence electrons. The first-order valence-electron chi connectivity index (χ1n) is 8.55. The molecule has 2 aliphatic rings. The third-order valence-corrected chi connectivity index (χ3v) is 5.28. The van der Waals surface area contributed by atoms with Crippen molar-refractivity contribution >= 4 is 11.6 Å². The average molecular weight is 358 g/mol. The lowest BCUT2D eigenvalue weighted by Crippen LogP contribution is -2.25. The number of likely N-dealkylation sites (tertiary alicyclic amines) is 1. The normalized spacial score (nSPS) is 23.7. The van der Waals surface area contributed by atoms with E-state index in [-0.39, 0.29) is 12.1 Å². The van der Waals surface area contributed by atoms with Crippen LogP contribution in [0.25, 0.3) is 0 Å². The standard InChI is InChI=1S/C18H20ClN5O/c1-25-15-7-16(18-21-17(22-23-18)11-2-3-11)24(10-15)9-12-4-5-14(19)6-13(12)8-20/h4-6,11,15-16H,2-3,7,9-10H2,1H3,(H,21,22,23)/t15-,16+/m1/s1. The second-order valence-electron chi connectivity index (χ2n) is 6.81. The molecular formula is C18H20ClN5O. The molecule has 1 saturated carbocycles. The maximum Gasteiger partial charge on any atom is 0.153 e. The van der Waals surface area contributed by atoms with E-state index >= 15 is 0 Å². The van der Waals surface area contributed by atoms with E-state index < -0.39 is 0 Å². The highest BCUT2D eigenvalue weighted by Gasteiger charge is 2.37. The number of benzene rings is 1. The van der Waals surface area contributed by atoms with Crippen LogP contribution in [0.5, 0.6) is 0 Å². The number of nitrogens with zero attached hydrogens (tertiary/aromatic N) is 4. The van der Waals surface area contributed by atoms with Crippen LogP contribution < -0.4 is 0 Å². The second-order valence-corrected chi connectivity index (χ2v) is 7.24. The van der Waals surface area contributed by atoms with Crippen molar-refractivity contribution in [2.75, 3.05) is 13.7 Å². The number of rotatable bonds is 5. The van der Waals surface area contributed by atoms with Crippen LogP contribution in [0.4, 0.5) is 0 Å². The Bertz CT molecular complexity index is 810. The summed E-state index contributed by atoms with van der Waals surface area (Å²) in [6.07, 6.45) is 3.38. The Kier molecular flexibility index (Phi) is 4.46. The van der Waals surface area contributed by atoms with Crippen LogP contribution in [0.15, 0.2) is 18.2 Å². The maximum absolute atomic E-state index is 9.39. The van der Waals surface area contributed by atoms with Crippen LogP contribution in [0, 0.1) is 11.3 Å². The van der Waals surface area contributed by atoms with Gasteiger partial charge in [-0.15, -0.1) is 0 Å². The molecule has 2 heterocycles. The smallest absolute Gasteiger partial charge is 0.153 e. The molecule has 1 saturated heterocycles. The number of ether oxygens (including phenoxy) is 1. The Hall–Kier alpha value is -1.94. The lowest BCUT2D eigenvalue weighted by atomic mass is 10.1. The number of nitrogens with one attached hydrogen (secondary N) is 1. The van der Waals surface area contributed by atoms with Gasteiger partial charge in [0.05, 0.1) is 23.8 Å². The minimum atomic E-state index is 0.118. The summed E-state index contributed by atoms with van der Waals surface area (Å²) in [5, 5.41) is 17.5. The molecule has 1 aromatic carbocycles. The van der Waals surface area contributed by atoms with Gasteiger partial charge in [-0.2, -0.15) is 10.4 Å². The highest BCUT2D eigenvalue weighted by Crippen LogP contribution is 2.39. The molecule has 1 aliphatic carbocycles. The first kappa shape index (κ1) is 16.5. The Balaban J connectivity index is 1.58. The molecule has 7 heteroatoms. The van der Waals surface area contributed by atoms with Gasteiger partial charge < -0.3 is 4.74 Å². The van der Waals surface area contributed by atoms with Crippen LogP contribution >= 0.6 is 11.6 Å². The summed E-state index contributed by atoms with van der Waals surface area (Å²) in [5.74, 6) is 2.36. The molecule has 0 unspecified atom stereocenters. The number of nitriles is 1. The van der Waals surface area contributed by atoms with E-state index in [0.717, 1.165) is 30.2 Å². The Morgan fingerprint density at radius 1 is 1.44 bits per heavy atom. The van der Waals surface area contributed by atoms with E-state index in [0.29, 0.717) is 23.0 Å². The van der Waals surface area contributed by atoms with Crippen molar-refractivity contribution in [3.8, 4) is 6.07 Å². The fourth-order valence-electron chi connectivity index (χ4n) is 3.46. The van der Waals surface area contributed by atoms with Gasteiger partial charge in [0, 0.05) is 31.1 Å². The highest BCUT2D eigenvalue weighted by molar-refractivity contribution is 6.30. The zero-order valence-electron chi connectivity index (χ0n) is 14.1. The van der Waals surface area contributed by atoms with Crippen molar-refractivity contribution in [1.82, 2.24) is 20.1 Å². The molecule has 25 heavy (non-hydrogen) atoms. The summed E-state index contributed by atoms with van der Waals surface area (Å²) in [5.41, 5.74) is 1.58. The van der Waals surface area contributed by atoms with Crippen LogP contribution in [-0.2, 0) is 11.3 Å².